The molecule has 2 heterocycles. The lowest BCUT2D eigenvalue weighted by atomic mass is 9.92. The Morgan fingerprint density at radius 2 is 1.76 bits per heavy atom. The maximum atomic E-state index is 13.5. The molecule has 0 aliphatic carbocycles. The van der Waals surface area contributed by atoms with Crippen LogP contribution in [0.5, 0.6) is 11.5 Å². The van der Waals surface area contributed by atoms with Gasteiger partial charge in [-0.25, -0.2) is 4.98 Å². The van der Waals surface area contributed by atoms with E-state index >= 15 is 0 Å². The molecule has 8 nitrogen and oxygen atoms in total. The largest absolute Gasteiger partial charge is 0.503 e. The number of ether oxygens (including phenoxy) is 2. The maximum absolute atomic E-state index is 13.5. The van der Waals surface area contributed by atoms with Crippen LogP contribution in [0.1, 0.15) is 29.2 Å². The van der Waals surface area contributed by atoms with Gasteiger partial charge in [-0.2, -0.15) is 0 Å². The lowest BCUT2D eigenvalue weighted by Gasteiger charge is -2.25. The van der Waals surface area contributed by atoms with E-state index in [1.165, 1.54) is 19.1 Å². The Hall–Kier alpha value is -4.59. The fourth-order valence-corrected chi connectivity index (χ4v) is 4.74. The molecule has 3 aromatic carbocycles. The summed E-state index contributed by atoms with van der Waals surface area (Å²) in [6.45, 7) is 1.94. The van der Waals surface area contributed by atoms with E-state index in [0.29, 0.717) is 34.5 Å². The van der Waals surface area contributed by atoms with Crippen molar-refractivity contribution < 1.29 is 24.2 Å². The number of anilines is 1. The van der Waals surface area contributed by atoms with Crippen molar-refractivity contribution in [2.24, 2.45) is 0 Å². The van der Waals surface area contributed by atoms with E-state index in [1.807, 2.05) is 61.5 Å². The SMILES string of the molecule is COc1cc2nc(N3C(=O)C(O)=C(C(=O)CCc4ccccc4)C3c3cccc(C)c3)[nH]c2cc1OC. The second-order valence-electron chi connectivity index (χ2n) is 8.95. The summed E-state index contributed by atoms with van der Waals surface area (Å²) >= 11 is 0. The van der Waals surface area contributed by atoms with E-state index < -0.39 is 17.7 Å². The molecule has 5 rings (SSSR count). The number of hydrogen-bond donors (Lipinski definition) is 2. The number of nitrogens with one attached hydrogen (secondary N) is 1. The summed E-state index contributed by atoms with van der Waals surface area (Å²) < 4.78 is 10.8. The topological polar surface area (TPSA) is 105 Å². The van der Waals surface area contributed by atoms with Gasteiger partial charge >= 0.3 is 0 Å². The normalized spacial score (nSPS) is 15.5. The number of fused-ring (bicyclic) bond motifs is 1. The summed E-state index contributed by atoms with van der Waals surface area (Å²) in [5.41, 5.74) is 3.91. The van der Waals surface area contributed by atoms with Crippen LogP contribution < -0.4 is 14.4 Å². The van der Waals surface area contributed by atoms with Crippen molar-refractivity contribution in [1.29, 1.82) is 0 Å². The number of ketones is 1. The van der Waals surface area contributed by atoms with Crippen molar-refractivity contribution in [2.75, 3.05) is 19.1 Å². The van der Waals surface area contributed by atoms with E-state index in [-0.39, 0.29) is 23.7 Å². The minimum absolute atomic E-state index is 0.0714. The zero-order chi connectivity index (χ0) is 26.1. The van der Waals surface area contributed by atoms with Crippen LogP contribution >= 0.6 is 0 Å². The molecule has 0 fully saturated rings. The van der Waals surface area contributed by atoms with Gasteiger partial charge in [-0.15, -0.1) is 0 Å². The van der Waals surface area contributed by atoms with E-state index in [0.717, 1.165) is 11.1 Å². The molecule has 37 heavy (non-hydrogen) atoms. The number of aliphatic hydroxyl groups excluding tert-OH is 1. The Balaban J connectivity index is 1.57. The minimum Gasteiger partial charge on any atom is -0.503 e. The van der Waals surface area contributed by atoms with Gasteiger partial charge in [-0.05, 0) is 24.5 Å². The Bertz CT molecular complexity index is 1480. The van der Waals surface area contributed by atoms with E-state index in [4.69, 9.17) is 9.47 Å². The number of amides is 1. The third-order valence-corrected chi connectivity index (χ3v) is 6.55. The highest BCUT2D eigenvalue weighted by Crippen LogP contribution is 2.42. The summed E-state index contributed by atoms with van der Waals surface area (Å²) in [5.74, 6) is -0.324. The molecule has 4 aromatic rings. The van der Waals surface area contributed by atoms with Gasteiger partial charge in [0.2, 0.25) is 5.95 Å². The maximum Gasteiger partial charge on any atom is 0.296 e. The Morgan fingerprint density at radius 1 is 1.03 bits per heavy atom. The number of hydrogen-bond acceptors (Lipinski definition) is 6. The number of aryl methyl sites for hydroxylation is 2. The highest BCUT2D eigenvalue weighted by atomic mass is 16.5. The van der Waals surface area contributed by atoms with E-state index in [9.17, 15) is 14.7 Å². The van der Waals surface area contributed by atoms with Gasteiger partial charge in [-0.1, -0.05) is 60.2 Å². The molecular formula is C29H27N3O5. The van der Waals surface area contributed by atoms with Crippen molar-refractivity contribution in [2.45, 2.75) is 25.8 Å². The predicted molar refractivity (Wildman–Crippen MR) is 140 cm³/mol. The van der Waals surface area contributed by atoms with Crippen molar-refractivity contribution in [3.8, 4) is 11.5 Å². The second-order valence-corrected chi connectivity index (χ2v) is 8.95. The van der Waals surface area contributed by atoms with Crippen LogP contribution in [0.3, 0.4) is 0 Å². The highest BCUT2D eigenvalue weighted by Gasteiger charge is 2.45. The van der Waals surface area contributed by atoms with Gasteiger partial charge in [0.05, 0.1) is 36.9 Å². The molecule has 1 aliphatic rings. The summed E-state index contributed by atoms with van der Waals surface area (Å²) in [7, 11) is 3.07. The van der Waals surface area contributed by atoms with Crippen LogP contribution in [0.2, 0.25) is 0 Å². The van der Waals surface area contributed by atoms with Gasteiger partial charge in [0.1, 0.15) is 0 Å². The van der Waals surface area contributed by atoms with Gasteiger partial charge in [0.25, 0.3) is 5.91 Å². The van der Waals surface area contributed by atoms with E-state index in [2.05, 4.69) is 9.97 Å². The number of Topliss-reactive ketones (excluding diaryl/α,β-unsaturated/α-hetero) is 1. The van der Waals surface area contributed by atoms with Gasteiger partial charge in [0.15, 0.2) is 23.0 Å². The smallest absolute Gasteiger partial charge is 0.296 e. The first-order chi connectivity index (χ1) is 17.9. The highest BCUT2D eigenvalue weighted by molar-refractivity contribution is 6.16. The standard InChI is InChI=1S/C29H27N3O5/c1-17-8-7-11-19(14-17)26-25(22(33)13-12-18-9-5-4-6-10-18)27(34)28(35)32(26)29-30-20-15-23(36-2)24(37-3)16-21(20)31-29/h4-11,14-16,26,34H,12-13H2,1-3H3,(H,30,31). The molecule has 1 aliphatic heterocycles. The molecule has 0 saturated carbocycles. The van der Waals surface area contributed by atoms with Crippen molar-refractivity contribution in [1.82, 2.24) is 9.97 Å². The van der Waals surface area contributed by atoms with Crippen LogP contribution in [-0.4, -0.2) is 41.0 Å². The molecule has 188 valence electrons. The molecule has 1 unspecified atom stereocenters. The van der Waals surface area contributed by atoms with Crippen LogP contribution in [0.25, 0.3) is 11.0 Å². The first-order valence-corrected chi connectivity index (χ1v) is 11.9. The lowest BCUT2D eigenvalue weighted by Crippen LogP contribution is -2.32. The molecule has 0 saturated heterocycles. The third kappa shape index (κ3) is 4.42. The molecule has 0 radical (unpaired) electrons. The number of aromatic nitrogens is 2. The zero-order valence-electron chi connectivity index (χ0n) is 20.8. The number of benzene rings is 3. The third-order valence-electron chi connectivity index (χ3n) is 6.55. The fraction of sp³-hybridized carbons (Fsp3) is 0.207. The first kappa shape index (κ1) is 24.1. The number of carbonyl (C=O) groups is 2. The average Bonchev–Trinajstić information content (AvgIpc) is 3.44. The van der Waals surface area contributed by atoms with Crippen LogP contribution in [0.4, 0.5) is 5.95 Å². The molecule has 1 atom stereocenters. The molecule has 0 spiro atoms. The number of imidazole rings is 1. The number of aromatic amines is 1. The molecule has 0 bridgehead atoms. The predicted octanol–water partition coefficient (Wildman–Crippen LogP) is 4.99. The van der Waals surface area contributed by atoms with Gasteiger partial charge < -0.3 is 19.6 Å². The van der Waals surface area contributed by atoms with Crippen molar-refractivity contribution >= 4 is 28.7 Å². The number of methoxy groups -OCH3 is 2. The summed E-state index contributed by atoms with van der Waals surface area (Å²) in [6.07, 6.45) is 0.650. The van der Waals surface area contributed by atoms with Gasteiger partial charge in [0, 0.05) is 18.6 Å². The molecule has 1 amide bonds. The number of H-pyrrole nitrogens is 1. The van der Waals surface area contributed by atoms with Crippen molar-refractivity contribution in [3.63, 3.8) is 0 Å². The Labute approximate surface area is 214 Å². The Kier molecular flexibility index (Phi) is 6.40. The quantitative estimate of drug-likeness (QED) is 0.355. The summed E-state index contributed by atoms with van der Waals surface area (Å²) in [6, 6.07) is 19.8. The van der Waals surface area contributed by atoms with E-state index in [1.54, 1.807) is 12.1 Å². The van der Waals surface area contributed by atoms with Crippen LogP contribution in [0, 0.1) is 6.92 Å². The zero-order valence-corrected chi connectivity index (χ0v) is 20.8. The molecular weight excluding hydrogens is 470 g/mol. The molecule has 1 aromatic heterocycles. The molecule has 2 N–H and O–H groups in total. The van der Waals surface area contributed by atoms with Crippen LogP contribution in [-0.2, 0) is 16.0 Å². The lowest BCUT2D eigenvalue weighted by molar-refractivity contribution is -0.118. The number of carbonyl (C=O) groups excluding carboxylic acids is 2. The summed E-state index contributed by atoms with van der Waals surface area (Å²) in [5, 5.41) is 11.0. The summed E-state index contributed by atoms with van der Waals surface area (Å²) in [4.78, 5) is 36.1. The second kappa shape index (κ2) is 9.81. The first-order valence-electron chi connectivity index (χ1n) is 11.9. The minimum atomic E-state index is -0.833. The van der Waals surface area contributed by atoms with Gasteiger partial charge in [-0.3, -0.25) is 14.5 Å². The fourth-order valence-electron chi connectivity index (χ4n) is 4.74. The number of aliphatic hydroxyl groups is 1. The monoisotopic (exact) mass is 497 g/mol. The Morgan fingerprint density at radius 3 is 2.46 bits per heavy atom. The van der Waals surface area contributed by atoms with Crippen molar-refractivity contribution in [3.05, 3.63) is 94.8 Å². The average molecular weight is 498 g/mol. The number of rotatable bonds is 8. The number of nitrogens with zero attached hydrogens (tertiary/aromatic N) is 2. The molecule has 8 heteroatoms. The van der Waals surface area contributed by atoms with Crippen LogP contribution in [0.15, 0.2) is 78.1 Å².